The molecule has 2 aromatic heterocycles. The Morgan fingerprint density at radius 2 is 2.20 bits per heavy atom. The molecule has 6 heteroatoms. The number of oxime groups is 1. The van der Waals surface area contributed by atoms with Crippen LogP contribution in [0.15, 0.2) is 17.3 Å². The van der Waals surface area contributed by atoms with Gasteiger partial charge in [0.1, 0.15) is 5.69 Å². The fourth-order valence-corrected chi connectivity index (χ4v) is 1.46. The average Bonchev–Trinajstić information content (AvgIpc) is 2.60. The first-order chi connectivity index (χ1) is 7.11. The predicted molar refractivity (Wildman–Crippen MR) is 55.0 cm³/mol. The van der Waals surface area contributed by atoms with Gasteiger partial charge in [-0.25, -0.2) is 9.50 Å². The first-order valence-electron chi connectivity index (χ1n) is 4.44. The first kappa shape index (κ1) is 9.45. The van der Waals surface area contributed by atoms with E-state index in [1.807, 2.05) is 19.9 Å². The lowest BCUT2D eigenvalue weighted by molar-refractivity contribution is 0.318. The number of fused-ring (bicyclic) bond motifs is 1. The van der Waals surface area contributed by atoms with Crippen molar-refractivity contribution in [1.82, 2.24) is 14.6 Å². The summed E-state index contributed by atoms with van der Waals surface area (Å²) < 4.78 is 1.65. The second kappa shape index (κ2) is 3.23. The van der Waals surface area contributed by atoms with Crippen LogP contribution < -0.4 is 5.73 Å². The molecule has 0 saturated carbocycles. The number of rotatable bonds is 1. The second-order valence-corrected chi connectivity index (χ2v) is 3.32. The summed E-state index contributed by atoms with van der Waals surface area (Å²) in [6, 6.07) is 3.59. The van der Waals surface area contributed by atoms with Crippen molar-refractivity contribution in [3.05, 3.63) is 29.2 Å². The molecule has 6 nitrogen and oxygen atoms in total. The Kier molecular flexibility index (Phi) is 2.03. The zero-order valence-electron chi connectivity index (χ0n) is 8.47. The highest BCUT2D eigenvalue weighted by Gasteiger charge is 2.08. The predicted octanol–water partition coefficient (Wildman–Crippen LogP) is 0.441. The summed E-state index contributed by atoms with van der Waals surface area (Å²) in [7, 11) is 0. The van der Waals surface area contributed by atoms with Crippen LogP contribution in [0.4, 0.5) is 0 Å². The number of aromatic nitrogens is 3. The number of amidine groups is 1. The maximum atomic E-state index is 8.53. The molecule has 0 radical (unpaired) electrons. The summed E-state index contributed by atoms with van der Waals surface area (Å²) in [5.74, 6) is -0.0162. The van der Waals surface area contributed by atoms with Gasteiger partial charge in [0.25, 0.3) is 0 Å². The van der Waals surface area contributed by atoms with Crippen LogP contribution in [-0.2, 0) is 0 Å². The number of hydrogen-bond acceptors (Lipinski definition) is 4. The van der Waals surface area contributed by atoms with Crippen molar-refractivity contribution >= 4 is 11.5 Å². The quantitative estimate of drug-likeness (QED) is 0.306. The molecule has 2 aromatic rings. The second-order valence-electron chi connectivity index (χ2n) is 3.32. The molecule has 0 spiro atoms. The zero-order chi connectivity index (χ0) is 11.0. The Bertz CT molecular complexity index is 543. The van der Waals surface area contributed by atoms with Crippen molar-refractivity contribution in [1.29, 1.82) is 0 Å². The lowest BCUT2D eigenvalue weighted by Gasteiger charge is -1.98. The summed E-state index contributed by atoms with van der Waals surface area (Å²) in [5.41, 5.74) is 8.41. The van der Waals surface area contributed by atoms with Gasteiger partial charge in [-0.05, 0) is 19.9 Å². The van der Waals surface area contributed by atoms with Gasteiger partial charge in [-0.15, -0.1) is 0 Å². The third kappa shape index (κ3) is 1.50. The van der Waals surface area contributed by atoms with E-state index in [0.717, 1.165) is 11.4 Å². The monoisotopic (exact) mass is 205 g/mol. The highest BCUT2D eigenvalue weighted by atomic mass is 16.4. The molecule has 15 heavy (non-hydrogen) atoms. The Balaban J connectivity index is 2.71. The lowest BCUT2D eigenvalue weighted by atomic mass is 10.3. The molecule has 0 unspecified atom stereocenters. The van der Waals surface area contributed by atoms with Gasteiger partial charge in [0.05, 0.1) is 0 Å². The Morgan fingerprint density at radius 1 is 1.47 bits per heavy atom. The van der Waals surface area contributed by atoms with Crippen LogP contribution in [0.3, 0.4) is 0 Å². The molecule has 78 valence electrons. The van der Waals surface area contributed by atoms with E-state index in [9.17, 15) is 0 Å². The number of hydrogen-bond donors (Lipinski definition) is 2. The minimum Gasteiger partial charge on any atom is -0.409 e. The fraction of sp³-hybridized carbons (Fsp3) is 0.222. The average molecular weight is 205 g/mol. The van der Waals surface area contributed by atoms with Crippen LogP contribution in [0.5, 0.6) is 0 Å². The normalized spacial score (nSPS) is 12.3. The van der Waals surface area contributed by atoms with Crippen LogP contribution in [0, 0.1) is 13.8 Å². The van der Waals surface area contributed by atoms with Crippen LogP contribution in [0.2, 0.25) is 0 Å². The molecule has 0 aliphatic carbocycles. The van der Waals surface area contributed by atoms with Crippen LogP contribution in [-0.4, -0.2) is 25.6 Å². The molecule has 0 saturated heterocycles. The van der Waals surface area contributed by atoms with E-state index in [1.54, 1.807) is 10.6 Å². The van der Waals surface area contributed by atoms with Gasteiger partial charge in [-0.2, -0.15) is 5.10 Å². The summed E-state index contributed by atoms with van der Waals surface area (Å²) in [5, 5.41) is 15.6. The molecular weight excluding hydrogens is 194 g/mol. The lowest BCUT2D eigenvalue weighted by Crippen LogP contribution is -2.13. The number of aryl methyl sites for hydroxylation is 2. The summed E-state index contributed by atoms with van der Waals surface area (Å²) in [6.07, 6.45) is 0. The van der Waals surface area contributed by atoms with Crippen LogP contribution in [0.25, 0.3) is 5.65 Å². The van der Waals surface area contributed by atoms with Crippen molar-refractivity contribution in [3.63, 3.8) is 0 Å². The summed E-state index contributed by atoms with van der Waals surface area (Å²) in [6.45, 7) is 3.83. The third-order valence-electron chi connectivity index (χ3n) is 2.10. The molecular formula is C9H11N5O. The van der Waals surface area contributed by atoms with Crippen molar-refractivity contribution in [2.24, 2.45) is 10.9 Å². The minimum atomic E-state index is -0.0162. The highest BCUT2D eigenvalue weighted by Crippen LogP contribution is 2.08. The molecule has 0 bridgehead atoms. The summed E-state index contributed by atoms with van der Waals surface area (Å²) in [4.78, 5) is 4.28. The third-order valence-corrected chi connectivity index (χ3v) is 2.10. The Morgan fingerprint density at radius 3 is 2.87 bits per heavy atom. The van der Waals surface area contributed by atoms with Crippen molar-refractivity contribution in [2.75, 3.05) is 0 Å². The smallest absolute Gasteiger partial charge is 0.190 e. The van der Waals surface area contributed by atoms with E-state index in [0.29, 0.717) is 11.3 Å². The minimum absolute atomic E-state index is 0.0162. The molecule has 3 N–H and O–H groups in total. The largest absolute Gasteiger partial charge is 0.409 e. The molecule has 2 heterocycles. The van der Waals surface area contributed by atoms with E-state index in [-0.39, 0.29) is 5.84 Å². The van der Waals surface area contributed by atoms with Gasteiger partial charge in [0.2, 0.25) is 0 Å². The van der Waals surface area contributed by atoms with Crippen molar-refractivity contribution < 1.29 is 5.21 Å². The highest BCUT2D eigenvalue weighted by molar-refractivity contribution is 5.96. The van der Waals surface area contributed by atoms with E-state index in [1.165, 1.54) is 0 Å². The van der Waals surface area contributed by atoms with Gasteiger partial charge in [0, 0.05) is 17.5 Å². The van der Waals surface area contributed by atoms with Crippen LogP contribution >= 0.6 is 0 Å². The number of nitrogens with two attached hydrogens (primary N) is 1. The molecule has 0 aliphatic heterocycles. The SMILES string of the molecule is Cc1cc(C)n2nc(/C(N)=N\O)cc2n1. The Hall–Kier alpha value is -2.11. The van der Waals surface area contributed by atoms with Crippen LogP contribution in [0.1, 0.15) is 17.1 Å². The fourth-order valence-electron chi connectivity index (χ4n) is 1.46. The van der Waals surface area contributed by atoms with Crippen molar-refractivity contribution in [3.8, 4) is 0 Å². The standard InChI is InChI=1S/C9H11N5O/c1-5-3-6(2)14-8(11-5)4-7(12-14)9(10)13-15/h3-4,15H,1-2H3,(H2,10,13). The Labute approximate surface area is 86.0 Å². The van der Waals surface area contributed by atoms with E-state index >= 15 is 0 Å². The molecule has 0 aliphatic rings. The van der Waals surface area contributed by atoms with E-state index < -0.39 is 0 Å². The van der Waals surface area contributed by atoms with Gasteiger partial charge in [0.15, 0.2) is 11.5 Å². The van der Waals surface area contributed by atoms with Crippen molar-refractivity contribution in [2.45, 2.75) is 13.8 Å². The topological polar surface area (TPSA) is 88.8 Å². The van der Waals surface area contributed by atoms with Gasteiger partial charge >= 0.3 is 0 Å². The maximum Gasteiger partial charge on any atom is 0.190 e. The van der Waals surface area contributed by atoms with Gasteiger partial charge in [-0.1, -0.05) is 5.16 Å². The van der Waals surface area contributed by atoms with Gasteiger partial charge in [-0.3, -0.25) is 0 Å². The molecule has 0 atom stereocenters. The first-order valence-corrected chi connectivity index (χ1v) is 4.44. The van der Waals surface area contributed by atoms with E-state index in [2.05, 4.69) is 15.2 Å². The summed E-state index contributed by atoms with van der Waals surface area (Å²) >= 11 is 0. The van der Waals surface area contributed by atoms with E-state index in [4.69, 9.17) is 10.9 Å². The molecule has 2 rings (SSSR count). The maximum absolute atomic E-state index is 8.53. The molecule has 0 amide bonds. The number of nitrogens with zero attached hydrogens (tertiary/aromatic N) is 4. The zero-order valence-corrected chi connectivity index (χ0v) is 8.47. The van der Waals surface area contributed by atoms with Gasteiger partial charge < -0.3 is 10.9 Å². The molecule has 0 fully saturated rings. The molecule has 0 aromatic carbocycles.